The molecule has 0 atom stereocenters. The van der Waals surface area contributed by atoms with Crippen molar-refractivity contribution in [3.8, 4) is 5.75 Å². The molecule has 0 saturated carbocycles. The highest BCUT2D eigenvalue weighted by molar-refractivity contribution is 6.33. The lowest BCUT2D eigenvalue weighted by Crippen LogP contribution is -2.26. The topological polar surface area (TPSA) is 73.7 Å². The minimum Gasteiger partial charge on any atom is -0.508 e. The molecule has 0 unspecified atom stereocenters. The van der Waals surface area contributed by atoms with Crippen molar-refractivity contribution >= 4 is 28.9 Å². The Morgan fingerprint density at radius 2 is 1.86 bits per heavy atom. The standard InChI is InChI=1S/C16H16ClN3O2/c1-11(12-6-8-13(21)9-7-12)19-20-16(22)10-18-15-5-3-2-4-14(15)17/h2-9,18,21H,10H2,1H3,(H,20,22). The second-order valence-electron chi connectivity index (χ2n) is 4.61. The van der Waals surface area contributed by atoms with Crippen molar-refractivity contribution in [1.82, 2.24) is 5.43 Å². The number of halogens is 1. The Morgan fingerprint density at radius 1 is 1.18 bits per heavy atom. The average molecular weight is 318 g/mol. The summed E-state index contributed by atoms with van der Waals surface area (Å²) in [6, 6.07) is 13.8. The summed E-state index contributed by atoms with van der Waals surface area (Å²) in [5.74, 6) is -0.0948. The van der Waals surface area contributed by atoms with Gasteiger partial charge in [0.05, 0.1) is 23.0 Å². The van der Waals surface area contributed by atoms with Crippen molar-refractivity contribution in [2.75, 3.05) is 11.9 Å². The SMILES string of the molecule is CC(=NNC(=O)CNc1ccccc1Cl)c1ccc(O)cc1. The summed E-state index contributed by atoms with van der Waals surface area (Å²) < 4.78 is 0. The van der Waals surface area contributed by atoms with Gasteiger partial charge in [-0.15, -0.1) is 0 Å². The lowest BCUT2D eigenvalue weighted by atomic mass is 10.1. The number of benzene rings is 2. The third-order valence-corrected chi connectivity index (χ3v) is 3.28. The molecule has 0 aliphatic heterocycles. The van der Waals surface area contributed by atoms with Gasteiger partial charge < -0.3 is 10.4 Å². The minimum absolute atomic E-state index is 0.0656. The maximum absolute atomic E-state index is 11.8. The van der Waals surface area contributed by atoms with Crippen molar-refractivity contribution in [1.29, 1.82) is 0 Å². The van der Waals surface area contributed by atoms with E-state index >= 15 is 0 Å². The number of carbonyl (C=O) groups excluding carboxylic acids is 1. The molecule has 1 amide bonds. The van der Waals surface area contributed by atoms with Gasteiger partial charge in [0.2, 0.25) is 0 Å². The number of rotatable bonds is 5. The van der Waals surface area contributed by atoms with Crippen LogP contribution in [0.3, 0.4) is 0 Å². The summed E-state index contributed by atoms with van der Waals surface area (Å²) in [4.78, 5) is 11.8. The zero-order valence-corrected chi connectivity index (χ0v) is 12.8. The molecule has 0 aliphatic carbocycles. The molecule has 0 aromatic heterocycles. The van der Waals surface area contributed by atoms with Gasteiger partial charge >= 0.3 is 0 Å². The molecule has 22 heavy (non-hydrogen) atoms. The summed E-state index contributed by atoms with van der Waals surface area (Å²) in [7, 11) is 0. The Morgan fingerprint density at radius 3 is 2.55 bits per heavy atom. The van der Waals surface area contributed by atoms with Crippen molar-refractivity contribution in [2.24, 2.45) is 5.10 Å². The smallest absolute Gasteiger partial charge is 0.259 e. The van der Waals surface area contributed by atoms with E-state index < -0.39 is 0 Å². The monoisotopic (exact) mass is 317 g/mol. The van der Waals surface area contributed by atoms with E-state index in [1.807, 2.05) is 12.1 Å². The molecule has 6 heteroatoms. The lowest BCUT2D eigenvalue weighted by Gasteiger charge is -2.07. The van der Waals surface area contributed by atoms with Crippen LogP contribution < -0.4 is 10.7 Å². The van der Waals surface area contributed by atoms with Gasteiger partial charge in [0.1, 0.15) is 5.75 Å². The number of carbonyl (C=O) groups is 1. The van der Waals surface area contributed by atoms with Crippen LogP contribution in [-0.2, 0) is 4.79 Å². The van der Waals surface area contributed by atoms with Crippen molar-refractivity contribution in [2.45, 2.75) is 6.92 Å². The van der Waals surface area contributed by atoms with Crippen LogP contribution in [0.25, 0.3) is 0 Å². The molecule has 0 radical (unpaired) electrons. The van der Waals surface area contributed by atoms with E-state index in [-0.39, 0.29) is 18.2 Å². The molecule has 0 aliphatic rings. The molecular formula is C16H16ClN3O2. The number of hydrogen-bond acceptors (Lipinski definition) is 4. The van der Waals surface area contributed by atoms with Gasteiger partial charge in [0, 0.05) is 0 Å². The Hall–Kier alpha value is -2.53. The van der Waals surface area contributed by atoms with Gasteiger partial charge in [0.15, 0.2) is 0 Å². The first kappa shape index (κ1) is 15.9. The van der Waals surface area contributed by atoms with Crippen LogP contribution in [0.15, 0.2) is 53.6 Å². The fourth-order valence-corrected chi connectivity index (χ4v) is 1.94. The Balaban J connectivity index is 1.88. The van der Waals surface area contributed by atoms with E-state index in [2.05, 4.69) is 15.8 Å². The maximum Gasteiger partial charge on any atom is 0.259 e. The molecule has 0 saturated heterocycles. The summed E-state index contributed by atoms with van der Waals surface area (Å²) in [6.07, 6.45) is 0. The predicted octanol–water partition coefficient (Wildman–Crippen LogP) is 3.00. The van der Waals surface area contributed by atoms with Crippen LogP contribution in [-0.4, -0.2) is 23.3 Å². The van der Waals surface area contributed by atoms with E-state index in [1.54, 1.807) is 43.3 Å². The zero-order chi connectivity index (χ0) is 15.9. The Bertz CT molecular complexity index is 684. The maximum atomic E-state index is 11.8. The molecule has 114 valence electrons. The van der Waals surface area contributed by atoms with Crippen LogP contribution in [0.1, 0.15) is 12.5 Å². The van der Waals surface area contributed by atoms with Gasteiger partial charge in [0.25, 0.3) is 5.91 Å². The number of phenols is 1. The third-order valence-electron chi connectivity index (χ3n) is 2.95. The quantitative estimate of drug-likeness (QED) is 0.586. The molecule has 2 rings (SSSR count). The molecule has 2 aromatic rings. The first-order valence-electron chi connectivity index (χ1n) is 6.67. The number of hydrazone groups is 1. The van der Waals surface area contributed by atoms with E-state index in [0.29, 0.717) is 16.4 Å². The highest BCUT2D eigenvalue weighted by Crippen LogP contribution is 2.19. The zero-order valence-electron chi connectivity index (χ0n) is 12.0. The molecule has 3 N–H and O–H groups in total. The van der Waals surface area contributed by atoms with Crippen molar-refractivity contribution in [3.63, 3.8) is 0 Å². The number of para-hydroxylation sites is 1. The first-order chi connectivity index (χ1) is 10.6. The van der Waals surface area contributed by atoms with Crippen LogP contribution in [0.5, 0.6) is 5.75 Å². The molecule has 0 fully saturated rings. The van der Waals surface area contributed by atoms with E-state index in [1.165, 1.54) is 0 Å². The van der Waals surface area contributed by atoms with Crippen LogP contribution in [0, 0.1) is 0 Å². The number of aromatic hydroxyl groups is 1. The number of phenolic OH excluding ortho intramolecular Hbond substituents is 1. The summed E-state index contributed by atoms with van der Waals surface area (Å²) in [6.45, 7) is 1.84. The van der Waals surface area contributed by atoms with E-state index in [4.69, 9.17) is 11.6 Å². The fraction of sp³-hybridized carbons (Fsp3) is 0.125. The normalized spacial score (nSPS) is 11.1. The molecule has 5 nitrogen and oxygen atoms in total. The predicted molar refractivity (Wildman–Crippen MR) is 88.4 cm³/mol. The number of nitrogens with zero attached hydrogens (tertiary/aromatic N) is 1. The van der Waals surface area contributed by atoms with Gasteiger partial charge in [-0.3, -0.25) is 4.79 Å². The van der Waals surface area contributed by atoms with Gasteiger partial charge in [-0.25, -0.2) is 5.43 Å². The van der Waals surface area contributed by atoms with Crippen LogP contribution >= 0.6 is 11.6 Å². The fourth-order valence-electron chi connectivity index (χ4n) is 1.73. The Kier molecular flexibility index (Phi) is 5.38. The average Bonchev–Trinajstić information content (AvgIpc) is 2.52. The first-order valence-corrected chi connectivity index (χ1v) is 7.05. The molecule has 0 spiro atoms. The van der Waals surface area contributed by atoms with Crippen LogP contribution in [0.2, 0.25) is 5.02 Å². The van der Waals surface area contributed by atoms with E-state index in [9.17, 15) is 9.90 Å². The Labute approximate surface area is 133 Å². The summed E-state index contributed by atoms with van der Waals surface area (Å²) in [5.41, 5.74) is 4.62. The number of amides is 1. The van der Waals surface area contributed by atoms with Crippen LogP contribution in [0.4, 0.5) is 5.69 Å². The van der Waals surface area contributed by atoms with Gasteiger partial charge in [-0.1, -0.05) is 23.7 Å². The number of nitrogens with one attached hydrogen (secondary N) is 2. The third kappa shape index (κ3) is 4.49. The molecular weight excluding hydrogens is 302 g/mol. The number of hydrogen-bond donors (Lipinski definition) is 3. The molecule has 0 heterocycles. The van der Waals surface area contributed by atoms with E-state index in [0.717, 1.165) is 5.56 Å². The largest absolute Gasteiger partial charge is 0.508 e. The second kappa shape index (κ2) is 7.47. The molecule has 0 bridgehead atoms. The van der Waals surface area contributed by atoms with Gasteiger partial charge in [-0.2, -0.15) is 5.10 Å². The second-order valence-corrected chi connectivity index (χ2v) is 5.02. The minimum atomic E-state index is -0.280. The van der Waals surface area contributed by atoms with Gasteiger partial charge in [-0.05, 0) is 48.9 Å². The lowest BCUT2D eigenvalue weighted by molar-refractivity contribution is -0.119. The summed E-state index contributed by atoms with van der Waals surface area (Å²) >= 11 is 5.99. The molecule has 2 aromatic carbocycles. The van der Waals surface area contributed by atoms with Crippen molar-refractivity contribution in [3.05, 3.63) is 59.1 Å². The van der Waals surface area contributed by atoms with Crippen molar-refractivity contribution < 1.29 is 9.90 Å². The highest BCUT2D eigenvalue weighted by atomic mass is 35.5. The summed E-state index contributed by atoms with van der Waals surface area (Å²) in [5, 5.41) is 16.7. The number of anilines is 1. The highest BCUT2D eigenvalue weighted by Gasteiger charge is 2.03.